The van der Waals surface area contributed by atoms with Gasteiger partial charge in [-0.05, 0) is 11.5 Å². The van der Waals surface area contributed by atoms with Gasteiger partial charge in [-0.15, -0.1) is 33.1 Å². The average Bonchev–Trinajstić information content (AvgIpc) is 3.06. The van der Waals surface area contributed by atoms with Crippen molar-refractivity contribution in [1.82, 2.24) is 10.2 Å². The van der Waals surface area contributed by atoms with E-state index in [4.69, 9.17) is 5.11 Å². The second-order valence-corrected chi connectivity index (χ2v) is 6.44. The molecule has 0 amide bonds. The molecule has 0 unspecified atom stereocenters. The van der Waals surface area contributed by atoms with E-state index in [0.717, 1.165) is 5.39 Å². The maximum Gasteiger partial charge on any atom is 0.253 e. The number of nitrogens with zero attached hydrogens (tertiary/aromatic N) is 5. The summed E-state index contributed by atoms with van der Waals surface area (Å²) in [7, 11) is 1.81. The van der Waals surface area contributed by atoms with Crippen molar-refractivity contribution in [3.05, 3.63) is 30.3 Å². The fourth-order valence-electron chi connectivity index (χ4n) is 2.15. The van der Waals surface area contributed by atoms with E-state index < -0.39 is 0 Å². The highest BCUT2D eigenvalue weighted by molar-refractivity contribution is 7.80. The van der Waals surface area contributed by atoms with Gasteiger partial charge in [-0.3, -0.25) is 0 Å². The van der Waals surface area contributed by atoms with E-state index >= 15 is 0 Å². The Morgan fingerprint density at radius 3 is 2.71 bits per heavy atom. The van der Waals surface area contributed by atoms with Crippen LogP contribution < -0.4 is 4.90 Å². The SMILES string of the molecule is CN(CCO)c1nnc(/N=N/c2cc(S)c3ccccc3c2O)s1. The minimum atomic E-state index is 0.0304. The summed E-state index contributed by atoms with van der Waals surface area (Å²) < 4.78 is 0. The molecule has 0 aliphatic rings. The largest absolute Gasteiger partial charge is 0.505 e. The molecule has 0 atom stereocenters. The number of benzene rings is 2. The van der Waals surface area contributed by atoms with Crippen molar-refractivity contribution in [1.29, 1.82) is 0 Å². The Bertz CT molecular complexity index is 897. The van der Waals surface area contributed by atoms with E-state index in [9.17, 15) is 5.11 Å². The molecule has 124 valence electrons. The van der Waals surface area contributed by atoms with Crippen molar-refractivity contribution in [2.24, 2.45) is 10.2 Å². The summed E-state index contributed by atoms with van der Waals surface area (Å²) in [6, 6.07) is 9.06. The van der Waals surface area contributed by atoms with E-state index in [1.807, 2.05) is 18.2 Å². The second-order valence-electron chi connectivity index (χ2n) is 5.02. The summed E-state index contributed by atoms with van der Waals surface area (Å²) in [6.07, 6.45) is 0. The molecule has 9 heteroatoms. The Hall–Kier alpha value is -2.23. The summed E-state index contributed by atoms with van der Waals surface area (Å²) in [4.78, 5) is 2.48. The van der Waals surface area contributed by atoms with Crippen LogP contribution in [0.15, 0.2) is 45.5 Å². The van der Waals surface area contributed by atoms with Gasteiger partial charge in [0.05, 0.1) is 6.61 Å². The van der Waals surface area contributed by atoms with Crippen LogP contribution in [0.1, 0.15) is 0 Å². The van der Waals surface area contributed by atoms with Crippen molar-refractivity contribution in [3.8, 4) is 5.75 Å². The Labute approximate surface area is 147 Å². The number of fused-ring (bicyclic) bond motifs is 1. The third-order valence-electron chi connectivity index (χ3n) is 3.38. The molecule has 0 aliphatic carbocycles. The molecule has 0 saturated carbocycles. The van der Waals surface area contributed by atoms with Crippen molar-refractivity contribution < 1.29 is 10.2 Å². The number of aliphatic hydroxyl groups excluding tert-OH is 1. The topological polar surface area (TPSA) is 94.2 Å². The van der Waals surface area contributed by atoms with Crippen LogP contribution in [-0.2, 0) is 0 Å². The number of aliphatic hydroxyl groups is 1. The van der Waals surface area contributed by atoms with E-state index in [2.05, 4.69) is 33.1 Å². The highest BCUT2D eigenvalue weighted by Crippen LogP contribution is 2.39. The van der Waals surface area contributed by atoms with Gasteiger partial charge in [0.15, 0.2) is 5.75 Å². The number of azo groups is 1. The number of hydrogen-bond acceptors (Lipinski definition) is 9. The number of anilines is 1. The molecule has 0 spiro atoms. The average molecular weight is 361 g/mol. The lowest BCUT2D eigenvalue weighted by atomic mass is 10.1. The lowest BCUT2D eigenvalue weighted by Crippen LogP contribution is -2.20. The van der Waals surface area contributed by atoms with Gasteiger partial charge in [0.2, 0.25) is 5.13 Å². The summed E-state index contributed by atoms with van der Waals surface area (Å²) in [5, 5.41) is 37.8. The van der Waals surface area contributed by atoms with Crippen LogP contribution in [0, 0.1) is 0 Å². The van der Waals surface area contributed by atoms with Crippen LogP contribution in [0.2, 0.25) is 0 Å². The quantitative estimate of drug-likeness (QED) is 0.477. The lowest BCUT2D eigenvalue weighted by Gasteiger charge is -2.11. The molecule has 7 nitrogen and oxygen atoms in total. The number of thiol groups is 1. The molecule has 0 saturated heterocycles. The molecule has 0 bridgehead atoms. The van der Waals surface area contributed by atoms with E-state index in [0.29, 0.717) is 32.8 Å². The van der Waals surface area contributed by atoms with Gasteiger partial charge in [0.1, 0.15) is 5.69 Å². The summed E-state index contributed by atoms with van der Waals surface area (Å²) >= 11 is 5.68. The van der Waals surface area contributed by atoms with Crippen molar-refractivity contribution >= 4 is 50.7 Å². The fraction of sp³-hybridized carbons (Fsp3) is 0.200. The zero-order valence-corrected chi connectivity index (χ0v) is 14.5. The van der Waals surface area contributed by atoms with E-state index in [1.165, 1.54) is 11.3 Å². The fourth-order valence-corrected chi connectivity index (χ4v) is 3.12. The number of likely N-dealkylation sites (N-methyl/N-ethyl adjacent to an activating group) is 1. The zero-order valence-electron chi connectivity index (χ0n) is 12.8. The van der Waals surface area contributed by atoms with Crippen molar-refractivity contribution in [2.45, 2.75) is 4.90 Å². The normalized spacial score (nSPS) is 11.5. The Morgan fingerprint density at radius 2 is 1.96 bits per heavy atom. The third kappa shape index (κ3) is 3.32. The molecule has 1 aromatic heterocycles. The Kier molecular flexibility index (Phi) is 4.93. The molecule has 2 N–H and O–H groups in total. The van der Waals surface area contributed by atoms with Gasteiger partial charge in [-0.1, -0.05) is 35.6 Å². The van der Waals surface area contributed by atoms with E-state index in [1.54, 1.807) is 24.1 Å². The predicted octanol–water partition coefficient (Wildman–Crippen LogP) is 3.53. The van der Waals surface area contributed by atoms with Crippen LogP contribution in [-0.4, -0.2) is 40.6 Å². The van der Waals surface area contributed by atoms with Gasteiger partial charge in [-0.25, -0.2) is 0 Å². The number of rotatable bonds is 5. The summed E-state index contributed by atoms with van der Waals surface area (Å²) in [6.45, 7) is 0.489. The van der Waals surface area contributed by atoms with Crippen LogP contribution in [0.4, 0.5) is 16.0 Å². The number of phenolic OH excluding ortho intramolecular Hbond substituents is 1. The molecule has 0 aliphatic heterocycles. The maximum absolute atomic E-state index is 10.4. The molecule has 0 fully saturated rings. The first-order chi connectivity index (χ1) is 11.6. The number of aromatic nitrogens is 2. The maximum atomic E-state index is 10.4. The minimum absolute atomic E-state index is 0.0304. The number of hydrogen-bond donors (Lipinski definition) is 3. The second kappa shape index (κ2) is 7.12. The molecular weight excluding hydrogens is 346 g/mol. The highest BCUT2D eigenvalue weighted by Gasteiger charge is 2.11. The van der Waals surface area contributed by atoms with E-state index in [-0.39, 0.29) is 12.4 Å². The van der Waals surface area contributed by atoms with Gasteiger partial charge in [-0.2, -0.15) is 0 Å². The highest BCUT2D eigenvalue weighted by atomic mass is 32.1. The van der Waals surface area contributed by atoms with Crippen LogP contribution >= 0.6 is 24.0 Å². The van der Waals surface area contributed by atoms with Crippen molar-refractivity contribution in [3.63, 3.8) is 0 Å². The predicted molar refractivity (Wildman–Crippen MR) is 97.3 cm³/mol. The summed E-state index contributed by atoms with van der Waals surface area (Å²) in [5.41, 5.74) is 0.319. The molecule has 0 radical (unpaired) electrons. The van der Waals surface area contributed by atoms with Gasteiger partial charge in [0.25, 0.3) is 5.13 Å². The van der Waals surface area contributed by atoms with Crippen LogP contribution in [0.5, 0.6) is 5.75 Å². The molecular formula is C15H15N5O2S2. The summed E-state index contributed by atoms with van der Waals surface area (Å²) in [5.74, 6) is 0.0503. The molecule has 3 rings (SSSR count). The lowest BCUT2D eigenvalue weighted by molar-refractivity contribution is 0.304. The minimum Gasteiger partial charge on any atom is -0.505 e. The molecule has 2 aromatic carbocycles. The van der Waals surface area contributed by atoms with Gasteiger partial charge in [0, 0.05) is 23.9 Å². The molecule has 3 aromatic rings. The first kappa shape index (κ1) is 16.6. The zero-order chi connectivity index (χ0) is 17.1. The van der Waals surface area contributed by atoms with Crippen LogP contribution in [0.25, 0.3) is 10.8 Å². The first-order valence-electron chi connectivity index (χ1n) is 7.11. The first-order valence-corrected chi connectivity index (χ1v) is 8.37. The molecule has 24 heavy (non-hydrogen) atoms. The smallest absolute Gasteiger partial charge is 0.253 e. The number of phenols is 1. The Morgan fingerprint density at radius 1 is 1.21 bits per heavy atom. The van der Waals surface area contributed by atoms with Gasteiger partial charge >= 0.3 is 0 Å². The van der Waals surface area contributed by atoms with Crippen molar-refractivity contribution in [2.75, 3.05) is 25.1 Å². The number of aromatic hydroxyl groups is 1. The van der Waals surface area contributed by atoms with Gasteiger partial charge < -0.3 is 15.1 Å². The molecule has 1 heterocycles. The third-order valence-corrected chi connectivity index (χ3v) is 4.67. The monoisotopic (exact) mass is 361 g/mol. The Balaban J connectivity index is 1.90. The standard InChI is InChI=1S/C15H15N5O2S2/c1-20(6-7-21)15-19-18-14(24-15)17-16-11-8-12(23)9-4-2-3-5-10(9)13(11)22/h2-5,8,21-23H,6-7H2,1H3/b17-16+. The van der Waals surface area contributed by atoms with Crippen LogP contribution in [0.3, 0.4) is 0 Å².